The van der Waals surface area contributed by atoms with Crippen LogP contribution in [0.5, 0.6) is 0 Å². The van der Waals surface area contributed by atoms with Gasteiger partial charge in [-0.2, -0.15) is 0 Å². The van der Waals surface area contributed by atoms with E-state index in [9.17, 15) is 4.79 Å². The highest BCUT2D eigenvalue weighted by molar-refractivity contribution is 5.70. The number of hydrogen-bond donors (Lipinski definition) is 0. The summed E-state index contributed by atoms with van der Waals surface area (Å²) in [6.07, 6.45) is 4.10. The van der Waals surface area contributed by atoms with E-state index in [0.29, 0.717) is 13.0 Å². The van der Waals surface area contributed by atoms with Gasteiger partial charge in [-0.25, -0.2) is 0 Å². The first-order chi connectivity index (χ1) is 8.20. The minimum atomic E-state index is -0.155. The molecule has 0 spiro atoms. The Labute approximate surface area is 102 Å². The van der Waals surface area contributed by atoms with Crippen molar-refractivity contribution in [3.8, 4) is 0 Å². The predicted molar refractivity (Wildman–Crippen MR) is 68.4 cm³/mol. The van der Waals surface area contributed by atoms with Crippen molar-refractivity contribution in [1.29, 1.82) is 0 Å². The first-order valence-corrected chi connectivity index (χ1v) is 6.10. The fourth-order valence-electron chi connectivity index (χ4n) is 2.29. The first-order valence-electron chi connectivity index (χ1n) is 6.10. The molecule has 1 aliphatic rings. The molecule has 0 aromatic heterocycles. The van der Waals surface area contributed by atoms with Crippen LogP contribution in [0.25, 0.3) is 0 Å². The van der Waals surface area contributed by atoms with Crippen LogP contribution in [0.2, 0.25) is 0 Å². The summed E-state index contributed by atoms with van der Waals surface area (Å²) in [5, 5.41) is 0. The van der Waals surface area contributed by atoms with E-state index in [1.165, 1.54) is 43.2 Å². The molecule has 0 radical (unpaired) electrons. The number of ether oxygens (including phenoxy) is 1. The van der Waals surface area contributed by atoms with Crippen LogP contribution in [0.15, 0.2) is 18.2 Å². The van der Waals surface area contributed by atoms with E-state index < -0.39 is 0 Å². The Kier molecular flexibility index (Phi) is 3.67. The Morgan fingerprint density at radius 3 is 2.88 bits per heavy atom. The summed E-state index contributed by atoms with van der Waals surface area (Å²) in [6, 6.07) is 6.60. The molecule has 0 bridgehead atoms. The van der Waals surface area contributed by atoms with E-state index in [2.05, 4.69) is 27.8 Å². The van der Waals surface area contributed by atoms with Crippen molar-refractivity contribution in [1.82, 2.24) is 0 Å². The SMILES string of the molecule is COC(=O)CCN(C)c1ccc2c(c1)CCC2. The molecule has 0 fully saturated rings. The van der Waals surface area contributed by atoms with Gasteiger partial charge in [-0.15, -0.1) is 0 Å². The number of aryl methyl sites for hydroxylation is 2. The quantitative estimate of drug-likeness (QED) is 0.746. The van der Waals surface area contributed by atoms with E-state index in [0.717, 1.165) is 0 Å². The molecule has 3 heteroatoms. The first kappa shape index (κ1) is 12.0. The molecule has 2 rings (SSSR count). The number of methoxy groups -OCH3 is 1. The molecule has 3 nitrogen and oxygen atoms in total. The van der Waals surface area contributed by atoms with Crippen LogP contribution in [-0.4, -0.2) is 26.7 Å². The van der Waals surface area contributed by atoms with E-state index in [1.807, 2.05) is 7.05 Å². The molecule has 0 heterocycles. The molecule has 0 saturated heterocycles. The summed E-state index contributed by atoms with van der Waals surface area (Å²) in [4.78, 5) is 13.2. The highest BCUT2D eigenvalue weighted by Gasteiger charge is 2.12. The van der Waals surface area contributed by atoms with Gasteiger partial charge in [-0.3, -0.25) is 4.79 Å². The van der Waals surface area contributed by atoms with E-state index >= 15 is 0 Å². The highest BCUT2D eigenvalue weighted by atomic mass is 16.5. The van der Waals surface area contributed by atoms with Crippen molar-refractivity contribution in [2.75, 3.05) is 25.6 Å². The zero-order valence-corrected chi connectivity index (χ0v) is 10.5. The fraction of sp³-hybridized carbons (Fsp3) is 0.500. The molecule has 0 atom stereocenters. The summed E-state index contributed by atoms with van der Waals surface area (Å²) in [6.45, 7) is 0.700. The number of esters is 1. The van der Waals surface area contributed by atoms with Gasteiger partial charge in [0, 0.05) is 19.3 Å². The van der Waals surface area contributed by atoms with Gasteiger partial charge in [0.2, 0.25) is 0 Å². The minimum Gasteiger partial charge on any atom is -0.469 e. The van der Waals surface area contributed by atoms with Crippen LogP contribution >= 0.6 is 0 Å². The monoisotopic (exact) mass is 233 g/mol. The molecule has 92 valence electrons. The largest absolute Gasteiger partial charge is 0.469 e. The second-order valence-corrected chi connectivity index (χ2v) is 4.55. The van der Waals surface area contributed by atoms with Gasteiger partial charge >= 0.3 is 5.97 Å². The third kappa shape index (κ3) is 2.78. The van der Waals surface area contributed by atoms with Crippen molar-refractivity contribution in [3.63, 3.8) is 0 Å². The molecule has 1 aromatic carbocycles. The summed E-state index contributed by atoms with van der Waals surface area (Å²) >= 11 is 0. The summed E-state index contributed by atoms with van der Waals surface area (Å²) in [5.41, 5.74) is 4.14. The number of benzene rings is 1. The van der Waals surface area contributed by atoms with Gasteiger partial charge in [-0.1, -0.05) is 6.07 Å². The molecule has 0 amide bonds. The van der Waals surface area contributed by atoms with E-state index in [-0.39, 0.29) is 5.97 Å². The molecular weight excluding hydrogens is 214 g/mol. The fourth-order valence-corrected chi connectivity index (χ4v) is 2.29. The lowest BCUT2D eigenvalue weighted by atomic mass is 10.1. The number of hydrogen-bond acceptors (Lipinski definition) is 3. The van der Waals surface area contributed by atoms with Crippen LogP contribution in [-0.2, 0) is 22.4 Å². The van der Waals surface area contributed by atoms with Crippen LogP contribution in [0.4, 0.5) is 5.69 Å². The molecule has 0 N–H and O–H groups in total. The van der Waals surface area contributed by atoms with Gasteiger partial charge < -0.3 is 9.64 Å². The summed E-state index contributed by atoms with van der Waals surface area (Å²) < 4.78 is 4.64. The van der Waals surface area contributed by atoms with E-state index in [1.54, 1.807) is 0 Å². The number of rotatable bonds is 4. The van der Waals surface area contributed by atoms with Crippen molar-refractivity contribution in [2.45, 2.75) is 25.7 Å². The van der Waals surface area contributed by atoms with Gasteiger partial charge in [0.25, 0.3) is 0 Å². The summed E-state index contributed by atoms with van der Waals surface area (Å²) in [7, 11) is 3.44. The minimum absolute atomic E-state index is 0.155. The lowest BCUT2D eigenvalue weighted by molar-refractivity contribution is -0.140. The zero-order valence-electron chi connectivity index (χ0n) is 10.5. The van der Waals surface area contributed by atoms with Crippen LogP contribution < -0.4 is 4.90 Å². The normalized spacial score (nSPS) is 13.3. The molecule has 0 aliphatic heterocycles. The molecule has 0 saturated carbocycles. The van der Waals surface area contributed by atoms with Gasteiger partial charge in [0.15, 0.2) is 0 Å². The Morgan fingerprint density at radius 2 is 2.12 bits per heavy atom. The third-order valence-electron chi connectivity index (χ3n) is 3.40. The topological polar surface area (TPSA) is 29.5 Å². The Morgan fingerprint density at radius 1 is 1.35 bits per heavy atom. The number of carbonyl (C=O) groups excluding carboxylic acids is 1. The number of anilines is 1. The Bertz CT molecular complexity index is 415. The standard InChI is InChI=1S/C14H19NO2/c1-15(9-8-14(16)17-2)13-7-6-11-4-3-5-12(11)10-13/h6-7,10H,3-5,8-9H2,1-2H3. The Balaban J connectivity index is 1.99. The number of fused-ring (bicyclic) bond motifs is 1. The van der Waals surface area contributed by atoms with Gasteiger partial charge in [0.05, 0.1) is 13.5 Å². The number of nitrogens with zero attached hydrogens (tertiary/aromatic N) is 1. The van der Waals surface area contributed by atoms with E-state index in [4.69, 9.17) is 0 Å². The van der Waals surface area contributed by atoms with Crippen LogP contribution in [0.3, 0.4) is 0 Å². The Hall–Kier alpha value is -1.51. The maximum absolute atomic E-state index is 11.1. The van der Waals surface area contributed by atoms with Crippen molar-refractivity contribution >= 4 is 11.7 Å². The lowest BCUT2D eigenvalue weighted by Crippen LogP contribution is -2.21. The summed E-state index contributed by atoms with van der Waals surface area (Å²) in [5.74, 6) is -0.155. The smallest absolute Gasteiger partial charge is 0.307 e. The number of carbonyl (C=O) groups is 1. The maximum atomic E-state index is 11.1. The predicted octanol–water partition coefficient (Wildman–Crippen LogP) is 2.17. The van der Waals surface area contributed by atoms with Gasteiger partial charge in [-0.05, 0) is 42.5 Å². The average molecular weight is 233 g/mol. The van der Waals surface area contributed by atoms with Crippen molar-refractivity contribution in [3.05, 3.63) is 29.3 Å². The van der Waals surface area contributed by atoms with Gasteiger partial charge in [0.1, 0.15) is 0 Å². The molecule has 1 aromatic rings. The average Bonchev–Trinajstić information content (AvgIpc) is 2.82. The van der Waals surface area contributed by atoms with Crippen LogP contribution in [0.1, 0.15) is 24.0 Å². The van der Waals surface area contributed by atoms with Crippen molar-refractivity contribution in [2.24, 2.45) is 0 Å². The van der Waals surface area contributed by atoms with Crippen molar-refractivity contribution < 1.29 is 9.53 Å². The molecule has 1 aliphatic carbocycles. The maximum Gasteiger partial charge on any atom is 0.307 e. The molecule has 0 unspecified atom stereocenters. The second kappa shape index (κ2) is 5.21. The second-order valence-electron chi connectivity index (χ2n) is 4.55. The highest BCUT2D eigenvalue weighted by Crippen LogP contribution is 2.26. The zero-order chi connectivity index (χ0) is 12.3. The lowest BCUT2D eigenvalue weighted by Gasteiger charge is -2.19. The third-order valence-corrected chi connectivity index (χ3v) is 3.40. The van der Waals surface area contributed by atoms with Crippen LogP contribution in [0, 0.1) is 0 Å². The molecular formula is C14H19NO2. The molecule has 17 heavy (non-hydrogen) atoms.